The van der Waals surface area contributed by atoms with E-state index in [1.807, 2.05) is 42.7 Å². The molecule has 0 fully saturated rings. The van der Waals surface area contributed by atoms with E-state index in [9.17, 15) is 0 Å². The number of nitrogens with zero attached hydrogens (tertiary/aromatic N) is 4. The topological polar surface area (TPSA) is 43.2 Å². The summed E-state index contributed by atoms with van der Waals surface area (Å²) in [5.41, 5.74) is 4.50. The maximum atomic E-state index is 5.92. The Kier molecular flexibility index (Phi) is 4.24. The van der Waals surface area contributed by atoms with Crippen LogP contribution in [-0.4, -0.2) is 21.5 Å². The summed E-state index contributed by atoms with van der Waals surface area (Å²) >= 11 is 0. The Morgan fingerprint density at radius 1 is 1.04 bits per heavy atom. The van der Waals surface area contributed by atoms with Gasteiger partial charge in [-0.1, -0.05) is 39.0 Å². The zero-order valence-electron chi connectivity index (χ0n) is 15.5. The first kappa shape index (κ1) is 16.8. The fourth-order valence-electron chi connectivity index (χ4n) is 3.40. The van der Waals surface area contributed by atoms with E-state index in [0.717, 1.165) is 23.7 Å². The number of benzene rings is 1. The minimum Gasteiger partial charge on any atom is -0.356 e. The van der Waals surface area contributed by atoms with Crippen LogP contribution in [0.2, 0.25) is 0 Å². The van der Waals surface area contributed by atoms with Crippen molar-refractivity contribution in [2.24, 2.45) is 0 Å². The van der Waals surface area contributed by atoms with Crippen LogP contribution in [0.25, 0.3) is 5.69 Å². The molecule has 3 heterocycles. The van der Waals surface area contributed by atoms with Crippen LogP contribution in [0.3, 0.4) is 0 Å². The molecule has 0 atom stereocenters. The second kappa shape index (κ2) is 6.57. The molecule has 0 unspecified atom stereocenters. The van der Waals surface area contributed by atoms with Crippen LogP contribution in [0.5, 0.6) is 0 Å². The van der Waals surface area contributed by atoms with Gasteiger partial charge in [0, 0.05) is 29.9 Å². The molecule has 0 saturated heterocycles. The number of rotatable bonds is 3. The summed E-state index contributed by atoms with van der Waals surface area (Å²) in [7, 11) is 0. The molecular formula is C21H24N4O. The summed E-state index contributed by atoms with van der Waals surface area (Å²) < 4.78 is 7.99. The fourth-order valence-corrected chi connectivity index (χ4v) is 3.40. The monoisotopic (exact) mass is 348 g/mol. The highest BCUT2D eigenvalue weighted by molar-refractivity contribution is 5.57. The van der Waals surface area contributed by atoms with E-state index in [1.165, 1.54) is 11.1 Å². The van der Waals surface area contributed by atoms with Crippen molar-refractivity contribution in [2.45, 2.75) is 39.3 Å². The largest absolute Gasteiger partial charge is 0.356 e. The lowest BCUT2D eigenvalue weighted by Crippen LogP contribution is -2.32. The second-order valence-electron chi connectivity index (χ2n) is 7.68. The van der Waals surface area contributed by atoms with Crippen molar-refractivity contribution < 1.29 is 4.74 Å². The highest BCUT2D eigenvalue weighted by Gasteiger charge is 2.32. The first-order chi connectivity index (χ1) is 12.5. The summed E-state index contributed by atoms with van der Waals surface area (Å²) in [6.07, 6.45) is 3.66. The molecule has 1 aliphatic heterocycles. The first-order valence-corrected chi connectivity index (χ1v) is 8.93. The highest BCUT2D eigenvalue weighted by atomic mass is 16.5. The van der Waals surface area contributed by atoms with Crippen LogP contribution in [0.4, 0.5) is 5.82 Å². The second-order valence-corrected chi connectivity index (χ2v) is 7.68. The minimum atomic E-state index is -0.0485. The van der Waals surface area contributed by atoms with Gasteiger partial charge in [-0.25, -0.2) is 4.68 Å². The van der Waals surface area contributed by atoms with Crippen molar-refractivity contribution >= 4 is 5.82 Å². The van der Waals surface area contributed by atoms with Gasteiger partial charge in [0.25, 0.3) is 0 Å². The molecule has 5 nitrogen and oxygen atoms in total. The average molecular weight is 348 g/mol. The number of fused-ring (bicyclic) bond motifs is 1. The minimum absolute atomic E-state index is 0.0485. The van der Waals surface area contributed by atoms with Crippen molar-refractivity contribution in [3.63, 3.8) is 0 Å². The zero-order chi connectivity index (χ0) is 18.1. The van der Waals surface area contributed by atoms with Crippen molar-refractivity contribution in [3.8, 4) is 5.69 Å². The van der Waals surface area contributed by atoms with Crippen LogP contribution in [0.15, 0.2) is 54.9 Å². The van der Waals surface area contributed by atoms with Gasteiger partial charge in [0.05, 0.1) is 18.0 Å². The average Bonchev–Trinajstić information content (AvgIpc) is 3.04. The summed E-state index contributed by atoms with van der Waals surface area (Å²) in [5, 5.41) is 5.01. The van der Waals surface area contributed by atoms with Gasteiger partial charge in [-0.2, -0.15) is 5.10 Å². The SMILES string of the molecule is CC(C)(C)c1nn(-c2ccccc2)c2c1COCN2Cc1ccncc1. The quantitative estimate of drug-likeness (QED) is 0.716. The van der Waals surface area contributed by atoms with Crippen molar-refractivity contribution in [2.75, 3.05) is 11.6 Å². The Morgan fingerprint density at radius 2 is 1.77 bits per heavy atom. The van der Waals surface area contributed by atoms with E-state index in [-0.39, 0.29) is 5.41 Å². The third-order valence-electron chi connectivity index (χ3n) is 4.58. The number of pyridine rings is 1. The number of aromatic nitrogens is 3. The number of para-hydroxylation sites is 1. The smallest absolute Gasteiger partial charge is 0.140 e. The molecule has 1 aliphatic rings. The molecule has 5 heteroatoms. The first-order valence-electron chi connectivity index (χ1n) is 8.93. The molecule has 26 heavy (non-hydrogen) atoms. The number of hydrogen-bond acceptors (Lipinski definition) is 4. The summed E-state index contributed by atoms with van der Waals surface area (Å²) in [6.45, 7) is 8.52. The van der Waals surface area contributed by atoms with Crippen LogP contribution < -0.4 is 4.90 Å². The lowest BCUT2D eigenvalue weighted by molar-refractivity contribution is 0.107. The fraction of sp³-hybridized carbons (Fsp3) is 0.333. The van der Waals surface area contributed by atoms with Gasteiger partial charge < -0.3 is 9.64 Å². The Morgan fingerprint density at radius 3 is 2.46 bits per heavy atom. The van der Waals surface area contributed by atoms with Crippen LogP contribution >= 0.6 is 0 Å². The van der Waals surface area contributed by atoms with Crippen molar-refractivity contribution in [1.82, 2.24) is 14.8 Å². The van der Waals surface area contributed by atoms with E-state index in [0.29, 0.717) is 13.3 Å². The number of anilines is 1. The van der Waals surface area contributed by atoms with Gasteiger partial charge >= 0.3 is 0 Å². The van der Waals surface area contributed by atoms with E-state index in [4.69, 9.17) is 9.84 Å². The van der Waals surface area contributed by atoms with Gasteiger partial charge in [0.15, 0.2) is 0 Å². The number of ether oxygens (including phenoxy) is 1. The predicted molar refractivity (Wildman–Crippen MR) is 102 cm³/mol. The van der Waals surface area contributed by atoms with E-state index >= 15 is 0 Å². The summed E-state index contributed by atoms with van der Waals surface area (Å²) in [6, 6.07) is 14.4. The Balaban J connectivity index is 1.84. The molecule has 0 bridgehead atoms. The molecule has 0 saturated carbocycles. The third kappa shape index (κ3) is 3.10. The molecule has 0 radical (unpaired) electrons. The van der Waals surface area contributed by atoms with E-state index in [1.54, 1.807) is 0 Å². The molecule has 0 aliphatic carbocycles. The van der Waals surface area contributed by atoms with Gasteiger partial charge in [-0.3, -0.25) is 4.98 Å². The molecule has 1 aromatic carbocycles. The van der Waals surface area contributed by atoms with Crippen LogP contribution in [-0.2, 0) is 23.3 Å². The van der Waals surface area contributed by atoms with Crippen LogP contribution in [0, 0.1) is 0 Å². The number of hydrogen-bond donors (Lipinski definition) is 0. The van der Waals surface area contributed by atoms with Gasteiger partial charge in [-0.15, -0.1) is 0 Å². The van der Waals surface area contributed by atoms with Gasteiger partial charge in [0.2, 0.25) is 0 Å². The maximum Gasteiger partial charge on any atom is 0.140 e. The van der Waals surface area contributed by atoms with Crippen molar-refractivity contribution in [1.29, 1.82) is 0 Å². The van der Waals surface area contributed by atoms with Gasteiger partial charge in [0.1, 0.15) is 12.5 Å². The van der Waals surface area contributed by atoms with E-state index < -0.39 is 0 Å². The lowest BCUT2D eigenvalue weighted by Gasteiger charge is -2.31. The predicted octanol–water partition coefficient (Wildman–Crippen LogP) is 4.06. The molecule has 0 amide bonds. The Labute approximate surface area is 154 Å². The third-order valence-corrected chi connectivity index (χ3v) is 4.58. The normalized spacial score (nSPS) is 14.3. The van der Waals surface area contributed by atoms with Crippen molar-refractivity contribution in [3.05, 3.63) is 71.7 Å². The molecule has 0 N–H and O–H groups in total. The van der Waals surface area contributed by atoms with E-state index in [2.05, 4.69) is 47.5 Å². The molecular weight excluding hydrogens is 324 g/mol. The molecule has 4 rings (SSSR count). The zero-order valence-corrected chi connectivity index (χ0v) is 15.5. The molecule has 3 aromatic rings. The summed E-state index contributed by atoms with van der Waals surface area (Å²) in [4.78, 5) is 6.37. The molecule has 134 valence electrons. The van der Waals surface area contributed by atoms with Crippen LogP contribution in [0.1, 0.15) is 37.6 Å². The van der Waals surface area contributed by atoms with Gasteiger partial charge in [-0.05, 0) is 29.8 Å². The Bertz CT molecular complexity index is 882. The lowest BCUT2D eigenvalue weighted by atomic mass is 9.89. The Hall–Kier alpha value is -2.66. The molecule has 2 aromatic heterocycles. The highest BCUT2D eigenvalue weighted by Crippen LogP contribution is 2.37. The standard InChI is InChI=1S/C21H24N4O/c1-21(2,3)19-18-14-26-15-24(13-16-9-11-22-12-10-16)20(18)25(23-19)17-7-5-4-6-8-17/h4-12H,13-15H2,1-3H3. The molecule has 0 spiro atoms. The summed E-state index contributed by atoms with van der Waals surface area (Å²) in [5.74, 6) is 1.13. The maximum absolute atomic E-state index is 5.92.